The van der Waals surface area contributed by atoms with Gasteiger partial charge < -0.3 is 11.1 Å². The minimum absolute atomic E-state index is 0.0126. The Labute approximate surface area is 172 Å². The van der Waals surface area contributed by atoms with Gasteiger partial charge in [0.1, 0.15) is 0 Å². The maximum absolute atomic E-state index is 12.7. The van der Waals surface area contributed by atoms with Crippen LogP contribution in [-0.4, -0.2) is 73.0 Å². The Morgan fingerprint density at radius 2 is 1.89 bits per heavy atom. The molecule has 1 saturated heterocycles. The molecule has 1 heterocycles. The zero-order valence-electron chi connectivity index (χ0n) is 16.2. The number of nitrogens with two attached hydrogens (primary N) is 1. The molecule has 1 aliphatic carbocycles. The number of hydrogen-bond donors (Lipinski definition) is 2. The monoisotopic (exact) mass is 428 g/mol. The van der Waals surface area contributed by atoms with Gasteiger partial charge in [-0.05, 0) is 31.4 Å². The van der Waals surface area contributed by atoms with E-state index < -0.39 is 21.7 Å². The summed E-state index contributed by atoms with van der Waals surface area (Å²) in [5.74, 6) is -0.209. The Bertz CT molecular complexity index is 784. The van der Waals surface area contributed by atoms with Gasteiger partial charge in [0, 0.05) is 37.1 Å². The van der Waals surface area contributed by atoms with E-state index in [1.165, 1.54) is 10.6 Å². The lowest BCUT2D eigenvalue weighted by Crippen LogP contribution is -2.70. The summed E-state index contributed by atoms with van der Waals surface area (Å²) >= 11 is 6.52. The van der Waals surface area contributed by atoms with E-state index in [-0.39, 0.29) is 11.3 Å². The quantitative estimate of drug-likeness (QED) is 0.542. The number of rotatable bonds is 5. The van der Waals surface area contributed by atoms with Crippen LogP contribution in [0.3, 0.4) is 0 Å². The molecule has 28 heavy (non-hydrogen) atoms. The maximum Gasteiger partial charge on any atom is 0.252 e. The highest BCUT2D eigenvalue weighted by atomic mass is 35.5. The van der Waals surface area contributed by atoms with Gasteiger partial charge in [-0.25, -0.2) is 8.42 Å². The van der Waals surface area contributed by atoms with Crippen LogP contribution >= 0.6 is 11.6 Å². The molecular weight excluding hydrogens is 400 g/mol. The van der Waals surface area contributed by atoms with Crippen molar-refractivity contribution in [3.63, 3.8) is 0 Å². The topological polar surface area (TPSA) is 95.7 Å². The first-order chi connectivity index (χ1) is 13.2. The first-order valence-electron chi connectivity index (χ1n) is 9.68. The third kappa shape index (κ3) is 4.68. The number of benzene rings is 1. The van der Waals surface area contributed by atoms with Crippen LogP contribution in [0.15, 0.2) is 30.3 Å². The lowest BCUT2D eigenvalue weighted by atomic mass is 9.77. The number of carbonyl (C=O) groups excluding carboxylic acids is 1. The van der Waals surface area contributed by atoms with Crippen molar-refractivity contribution in [2.75, 3.05) is 32.4 Å². The normalized spacial score (nSPS) is 28.6. The summed E-state index contributed by atoms with van der Waals surface area (Å²) in [6.45, 7) is 2.00. The molecule has 0 spiro atoms. The van der Waals surface area contributed by atoms with Gasteiger partial charge in [-0.1, -0.05) is 24.6 Å². The van der Waals surface area contributed by atoms with Crippen molar-refractivity contribution < 1.29 is 13.2 Å². The van der Waals surface area contributed by atoms with Crippen LogP contribution in [0.1, 0.15) is 36.0 Å². The molecule has 2 aliphatic rings. The van der Waals surface area contributed by atoms with Crippen LogP contribution in [0.25, 0.3) is 0 Å². The zero-order chi connectivity index (χ0) is 20.4. The summed E-state index contributed by atoms with van der Waals surface area (Å²) in [4.78, 5) is 14.9. The fourth-order valence-corrected chi connectivity index (χ4v) is 5.65. The molecule has 0 radical (unpaired) electrons. The Hall–Kier alpha value is -1.19. The zero-order valence-corrected chi connectivity index (χ0v) is 17.8. The molecule has 156 valence electrons. The van der Waals surface area contributed by atoms with Crippen LogP contribution in [0.4, 0.5) is 0 Å². The van der Waals surface area contributed by atoms with Crippen molar-refractivity contribution in [1.29, 1.82) is 0 Å². The van der Waals surface area contributed by atoms with Gasteiger partial charge in [0.25, 0.3) is 5.91 Å². The Morgan fingerprint density at radius 1 is 1.25 bits per heavy atom. The van der Waals surface area contributed by atoms with Crippen molar-refractivity contribution in [2.45, 2.75) is 42.8 Å². The molecule has 1 saturated carbocycles. The highest BCUT2D eigenvalue weighted by molar-refractivity contribution is 7.88. The highest BCUT2D eigenvalue weighted by Gasteiger charge is 2.47. The minimum Gasteiger partial charge on any atom is -0.335 e. The van der Waals surface area contributed by atoms with E-state index in [2.05, 4.69) is 10.2 Å². The molecule has 0 bridgehead atoms. The predicted molar refractivity (Wildman–Crippen MR) is 111 cm³/mol. The van der Waals surface area contributed by atoms with Crippen molar-refractivity contribution in [1.82, 2.24) is 14.5 Å². The molecule has 3 atom stereocenters. The third-order valence-electron chi connectivity index (χ3n) is 5.94. The Kier molecular flexibility index (Phi) is 6.66. The highest BCUT2D eigenvalue weighted by Crippen LogP contribution is 2.38. The van der Waals surface area contributed by atoms with Crippen molar-refractivity contribution >= 4 is 27.5 Å². The molecule has 0 aromatic heterocycles. The molecule has 3 N–H and O–H groups in total. The summed E-state index contributed by atoms with van der Waals surface area (Å²) in [5.41, 5.74) is 6.66. The molecule has 1 aromatic carbocycles. The van der Waals surface area contributed by atoms with Crippen LogP contribution in [0, 0.1) is 0 Å². The fourth-order valence-electron chi connectivity index (χ4n) is 4.40. The summed E-state index contributed by atoms with van der Waals surface area (Å²) in [6, 6.07) is 9.00. The number of piperazine rings is 1. The average Bonchev–Trinajstić information content (AvgIpc) is 2.68. The molecule has 7 nitrogen and oxygen atoms in total. The van der Waals surface area contributed by atoms with Crippen LogP contribution in [0.5, 0.6) is 0 Å². The molecule has 2 fully saturated rings. The van der Waals surface area contributed by atoms with Gasteiger partial charge in [-0.2, -0.15) is 4.31 Å². The number of sulfonamides is 1. The van der Waals surface area contributed by atoms with E-state index in [1.807, 2.05) is 18.2 Å². The van der Waals surface area contributed by atoms with E-state index in [0.717, 1.165) is 19.3 Å². The Morgan fingerprint density at radius 3 is 2.46 bits per heavy atom. The smallest absolute Gasteiger partial charge is 0.252 e. The SMILES string of the molecule is CS(=O)(=O)N1CCN(C2(C(N)NC(=O)c3ccccc3)CCCC(Cl)C2)CC1. The summed E-state index contributed by atoms with van der Waals surface area (Å²) < 4.78 is 25.2. The van der Waals surface area contributed by atoms with Gasteiger partial charge >= 0.3 is 0 Å². The number of hydrogen-bond acceptors (Lipinski definition) is 5. The lowest BCUT2D eigenvalue weighted by molar-refractivity contribution is -0.00113. The standard InChI is InChI=1S/C19H29ClN4O3S/c1-28(26,27)24-12-10-23(11-13-24)19(9-5-8-16(20)14-19)18(21)22-17(25)15-6-3-2-4-7-15/h2-4,6-7,16,18H,5,8-14,21H2,1H3,(H,22,25). The summed E-state index contributed by atoms with van der Waals surface area (Å²) in [5, 5.41) is 2.96. The summed E-state index contributed by atoms with van der Waals surface area (Å²) in [7, 11) is -3.21. The molecule has 1 aromatic rings. The number of halogens is 1. The Balaban J connectivity index is 1.77. The maximum atomic E-state index is 12.7. The van der Waals surface area contributed by atoms with E-state index in [1.54, 1.807) is 12.1 Å². The second-order valence-electron chi connectivity index (χ2n) is 7.76. The van der Waals surface area contributed by atoms with Crippen molar-refractivity contribution in [3.05, 3.63) is 35.9 Å². The number of carbonyl (C=O) groups is 1. The van der Waals surface area contributed by atoms with Crippen LogP contribution in [0.2, 0.25) is 0 Å². The van der Waals surface area contributed by atoms with E-state index in [4.69, 9.17) is 17.3 Å². The van der Waals surface area contributed by atoms with Crippen molar-refractivity contribution in [3.8, 4) is 0 Å². The first kappa shape index (κ1) is 21.5. The fraction of sp³-hybridized carbons (Fsp3) is 0.632. The molecule has 9 heteroatoms. The van der Waals surface area contributed by atoms with Gasteiger partial charge in [0.2, 0.25) is 10.0 Å². The number of alkyl halides is 1. The average molecular weight is 429 g/mol. The lowest BCUT2D eigenvalue weighted by Gasteiger charge is -2.53. The molecule has 3 rings (SSSR count). The van der Waals surface area contributed by atoms with E-state index in [0.29, 0.717) is 38.2 Å². The van der Waals surface area contributed by atoms with Gasteiger partial charge in [-0.3, -0.25) is 9.69 Å². The summed E-state index contributed by atoms with van der Waals surface area (Å²) in [6.07, 6.45) is 3.99. The second-order valence-corrected chi connectivity index (χ2v) is 10.4. The number of amides is 1. The third-order valence-corrected chi connectivity index (χ3v) is 7.62. The second kappa shape index (κ2) is 8.67. The van der Waals surface area contributed by atoms with Crippen LogP contribution < -0.4 is 11.1 Å². The first-order valence-corrected chi connectivity index (χ1v) is 12.0. The van der Waals surface area contributed by atoms with E-state index in [9.17, 15) is 13.2 Å². The molecular formula is C19H29ClN4O3S. The molecule has 3 unspecified atom stereocenters. The number of nitrogens with one attached hydrogen (secondary N) is 1. The number of nitrogens with zero attached hydrogens (tertiary/aromatic N) is 2. The minimum atomic E-state index is -3.21. The van der Waals surface area contributed by atoms with E-state index >= 15 is 0 Å². The van der Waals surface area contributed by atoms with Gasteiger partial charge in [0.05, 0.1) is 18.0 Å². The van der Waals surface area contributed by atoms with Gasteiger partial charge in [-0.15, -0.1) is 11.6 Å². The van der Waals surface area contributed by atoms with Crippen molar-refractivity contribution in [2.24, 2.45) is 5.73 Å². The van der Waals surface area contributed by atoms with Crippen LogP contribution in [-0.2, 0) is 10.0 Å². The molecule has 1 amide bonds. The largest absolute Gasteiger partial charge is 0.335 e. The predicted octanol–water partition coefficient (Wildman–Crippen LogP) is 1.20. The van der Waals surface area contributed by atoms with Gasteiger partial charge in [0.15, 0.2) is 0 Å². The molecule has 1 aliphatic heterocycles.